The third kappa shape index (κ3) is 12.3. The van der Waals surface area contributed by atoms with Gasteiger partial charge in [-0.25, -0.2) is 19.9 Å². The molecule has 1 saturated heterocycles. The van der Waals surface area contributed by atoms with Crippen LogP contribution in [0.5, 0.6) is 0 Å². The molecule has 1 aliphatic rings. The van der Waals surface area contributed by atoms with Crippen molar-refractivity contribution in [2.45, 2.75) is 38.9 Å². The van der Waals surface area contributed by atoms with Crippen molar-refractivity contribution in [2.24, 2.45) is 0 Å². The molecule has 1 aliphatic heterocycles. The lowest BCUT2D eigenvalue weighted by Gasteiger charge is -2.32. The molecule has 8 nitrogen and oxygen atoms in total. The Balaban J connectivity index is 0.000000140. The van der Waals surface area contributed by atoms with Gasteiger partial charge in [-0.15, -0.1) is 0 Å². The highest BCUT2D eigenvalue weighted by molar-refractivity contribution is 9.13. The molecular formula is C68H53BBr3N6O2+. The summed E-state index contributed by atoms with van der Waals surface area (Å²) in [6.45, 7) is 8.25. The zero-order valence-electron chi connectivity index (χ0n) is 44.4. The third-order valence-electron chi connectivity index (χ3n) is 14.2. The van der Waals surface area contributed by atoms with E-state index in [1.165, 1.54) is 21.5 Å². The molecule has 1 fully saturated rings. The molecule has 0 amide bonds. The van der Waals surface area contributed by atoms with E-state index in [0.717, 1.165) is 69.2 Å². The van der Waals surface area contributed by atoms with E-state index in [9.17, 15) is 0 Å². The third-order valence-corrected chi connectivity index (χ3v) is 16.7. The van der Waals surface area contributed by atoms with Gasteiger partial charge in [0, 0.05) is 58.5 Å². The van der Waals surface area contributed by atoms with Crippen molar-refractivity contribution in [3.05, 3.63) is 262 Å². The number of rotatable bonds is 8. The van der Waals surface area contributed by atoms with Gasteiger partial charge in [-0.1, -0.05) is 222 Å². The molecule has 0 saturated carbocycles. The van der Waals surface area contributed by atoms with E-state index in [1.54, 1.807) is 0 Å². The predicted molar refractivity (Wildman–Crippen MR) is 336 cm³/mol. The van der Waals surface area contributed by atoms with Crippen molar-refractivity contribution in [1.82, 2.24) is 25.0 Å². The van der Waals surface area contributed by atoms with Gasteiger partial charge in [0.25, 0.3) is 0 Å². The Kier molecular flexibility index (Phi) is 16.1. The van der Waals surface area contributed by atoms with Crippen molar-refractivity contribution < 1.29 is 14.0 Å². The van der Waals surface area contributed by atoms with Crippen LogP contribution in [0.3, 0.4) is 0 Å². The normalized spacial score (nSPS) is 13.3. The number of benzene rings is 10. The zero-order chi connectivity index (χ0) is 55.2. The Hall–Kier alpha value is -7.84. The molecule has 2 aromatic heterocycles. The van der Waals surface area contributed by atoms with Crippen molar-refractivity contribution in [3.63, 3.8) is 0 Å². The number of hydrogen-bond donors (Lipinski definition) is 0. The fourth-order valence-electron chi connectivity index (χ4n) is 9.12. The molecule has 0 radical (unpaired) electrons. The van der Waals surface area contributed by atoms with Crippen LogP contribution in [0.1, 0.15) is 27.7 Å². The molecular weight excluding hydrogens is 1180 g/mol. The first kappa shape index (κ1) is 54.1. The molecule has 0 aliphatic carbocycles. The van der Waals surface area contributed by atoms with E-state index < -0.39 is 7.12 Å². The van der Waals surface area contributed by atoms with E-state index in [4.69, 9.17) is 34.3 Å². The number of aromatic nitrogens is 6. The predicted octanol–water partition coefficient (Wildman–Crippen LogP) is 17.2. The van der Waals surface area contributed by atoms with Crippen LogP contribution in [0.25, 0.3) is 95.2 Å². The standard InChI is InChI=1S/C31H20BrN3.C27H27BN3O2.C10H6Br2/c32-28-20-26-14-8-7-13-25(26)19-27(28)21-15-17-24(18-16-21)31-34-29(22-9-3-1-4-10-22)33-30(35-31)23-11-5-2-6-12-23;1-26(2)27(3,4)33-28(32-26)22-17-15-21(16-18-22)25-29-24(20-11-7-5-8-12-20)19-31(30-25)23-13-9-6-10-14-23;11-9-5-7-3-1-2-4-8(7)6-10(9)12/h1-20H;5-19H,1-4H3;1-6H/q;+1;. The number of nitrogens with zero attached hydrogens (tertiary/aromatic N) is 6. The van der Waals surface area contributed by atoms with E-state index in [1.807, 2.05) is 156 Å². The average Bonchev–Trinajstić information content (AvgIpc) is 3.81. The summed E-state index contributed by atoms with van der Waals surface area (Å²) in [6.07, 6.45) is 1.97. The lowest BCUT2D eigenvalue weighted by Crippen LogP contribution is -2.41. The summed E-state index contributed by atoms with van der Waals surface area (Å²) >= 11 is 10.7. The summed E-state index contributed by atoms with van der Waals surface area (Å²) in [4.78, 5) is 19.3. The van der Waals surface area contributed by atoms with Crippen molar-refractivity contribution >= 4 is 81.9 Å². The maximum absolute atomic E-state index is 6.19. The molecule has 13 rings (SSSR count). The topological polar surface area (TPSA) is 86.8 Å². The molecule has 10 aromatic carbocycles. The van der Waals surface area contributed by atoms with Crippen molar-refractivity contribution in [2.75, 3.05) is 0 Å². The molecule has 12 aromatic rings. The second-order valence-corrected chi connectivity index (χ2v) is 22.8. The van der Waals surface area contributed by atoms with Gasteiger partial charge in [-0.05, 0) is 127 Å². The Labute approximate surface area is 492 Å². The number of halogens is 3. The maximum Gasteiger partial charge on any atom is 0.494 e. The minimum atomic E-state index is -0.394. The SMILES string of the molecule is Brc1cc2ccccc2cc1-c1ccc(-c2nc(-c3ccccc3)nc(-c3ccccc3)n2)cc1.Brc1cc2ccccc2cc1Br.CC1(C)OB(c2ccc(-c3nc(-c4ccccc4)c[n+](-c4ccccc4)n3)cc2)OC1(C)C. The van der Waals surface area contributed by atoms with Gasteiger partial charge in [0.15, 0.2) is 17.5 Å². The Morgan fingerprint density at radius 3 is 1.20 bits per heavy atom. The molecule has 12 heteroatoms. The highest BCUT2D eigenvalue weighted by atomic mass is 79.9. The van der Waals surface area contributed by atoms with Crippen LogP contribution in [-0.2, 0) is 9.31 Å². The minimum Gasteiger partial charge on any atom is -0.399 e. The smallest absolute Gasteiger partial charge is 0.399 e. The van der Waals surface area contributed by atoms with E-state index in [0.29, 0.717) is 23.3 Å². The lowest BCUT2D eigenvalue weighted by atomic mass is 9.79. The molecule has 0 N–H and O–H groups in total. The highest BCUT2D eigenvalue weighted by Gasteiger charge is 2.51. The summed E-state index contributed by atoms with van der Waals surface area (Å²) in [5.74, 6) is 2.63. The summed E-state index contributed by atoms with van der Waals surface area (Å²) in [6, 6.07) is 82.1. The highest BCUT2D eigenvalue weighted by Crippen LogP contribution is 2.37. The Morgan fingerprint density at radius 2 is 0.725 bits per heavy atom. The average molecular weight is 1240 g/mol. The number of para-hydroxylation sites is 1. The van der Waals surface area contributed by atoms with Crippen LogP contribution in [-0.4, -0.2) is 43.4 Å². The van der Waals surface area contributed by atoms with Gasteiger partial charge in [0.2, 0.25) is 17.7 Å². The Bertz CT molecular complexity index is 3930. The summed E-state index contributed by atoms with van der Waals surface area (Å²) in [5.41, 5.74) is 9.21. The van der Waals surface area contributed by atoms with E-state index >= 15 is 0 Å². The fraction of sp³-hybridized carbons (Fsp3) is 0.0882. The van der Waals surface area contributed by atoms with E-state index in [-0.39, 0.29) is 11.2 Å². The molecule has 0 atom stereocenters. The second-order valence-electron chi connectivity index (χ2n) is 20.2. The van der Waals surface area contributed by atoms with Gasteiger partial charge < -0.3 is 9.31 Å². The number of hydrogen-bond acceptors (Lipinski definition) is 7. The van der Waals surface area contributed by atoms with Crippen molar-refractivity contribution in [3.8, 4) is 73.6 Å². The van der Waals surface area contributed by atoms with Crippen LogP contribution in [0.4, 0.5) is 0 Å². The lowest BCUT2D eigenvalue weighted by molar-refractivity contribution is -0.658. The second kappa shape index (κ2) is 23.9. The first-order chi connectivity index (χ1) is 38.8. The minimum absolute atomic E-state index is 0.370. The van der Waals surface area contributed by atoms with Gasteiger partial charge in [-0.3, -0.25) is 0 Å². The zero-order valence-corrected chi connectivity index (χ0v) is 49.1. The van der Waals surface area contributed by atoms with Crippen LogP contribution < -0.4 is 10.1 Å². The van der Waals surface area contributed by atoms with E-state index in [2.05, 4.69) is 173 Å². The van der Waals surface area contributed by atoms with Gasteiger partial charge in [0.05, 0.1) is 11.2 Å². The quantitative estimate of drug-likeness (QED) is 0.111. The summed E-state index contributed by atoms with van der Waals surface area (Å²) in [5, 5.41) is 9.76. The maximum atomic E-state index is 6.19. The molecule has 0 unspecified atom stereocenters. The van der Waals surface area contributed by atoms with Crippen LogP contribution in [0.2, 0.25) is 0 Å². The molecule has 0 spiro atoms. The van der Waals surface area contributed by atoms with Gasteiger partial charge in [-0.2, -0.15) is 0 Å². The Morgan fingerprint density at radius 1 is 0.362 bits per heavy atom. The summed E-state index contributed by atoms with van der Waals surface area (Å²) in [7, 11) is -0.394. The van der Waals surface area contributed by atoms with Gasteiger partial charge >= 0.3 is 7.12 Å². The summed E-state index contributed by atoms with van der Waals surface area (Å²) < 4.78 is 17.5. The first-order valence-corrected chi connectivity index (χ1v) is 28.6. The van der Waals surface area contributed by atoms with Crippen molar-refractivity contribution in [1.29, 1.82) is 0 Å². The molecule has 390 valence electrons. The molecule has 80 heavy (non-hydrogen) atoms. The number of fused-ring (bicyclic) bond motifs is 2. The van der Waals surface area contributed by atoms with Gasteiger partial charge in [0.1, 0.15) is 5.69 Å². The first-order valence-electron chi connectivity index (χ1n) is 26.2. The fourth-order valence-corrected chi connectivity index (χ4v) is 10.4. The van der Waals surface area contributed by atoms with Crippen LogP contribution >= 0.6 is 47.8 Å². The molecule has 0 bridgehead atoms. The largest absolute Gasteiger partial charge is 0.494 e. The molecule has 3 heterocycles. The van der Waals surface area contributed by atoms with Crippen LogP contribution in [0, 0.1) is 0 Å². The monoisotopic (exact) mass is 1230 g/mol. The van der Waals surface area contributed by atoms with Crippen LogP contribution in [0.15, 0.2) is 262 Å².